The fourth-order valence-corrected chi connectivity index (χ4v) is 1.76. The number of unbranched alkanes of at least 4 members (excludes halogenated alkanes) is 5. The van der Waals surface area contributed by atoms with Crippen molar-refractivity contribution in [2.75, 3.05) is 19.7 Å². The molecule has 1 N–H and O–H groups in total. The first-order chi connectivity index (χ1) is 7.85. The van der Waals surface area contributed by atoms with Crippen molar-refractivity contribution >= 4 is 0 Å². The number of likely N-dealkylation sites (N-methyl/N-ethyl adjacent to an activating group) is 1. The van der Waals surface area contributed by atoms with Gasteiger partial charge in [-0.1, -0.05) is 52.9 Å². The second kappa shape index (κ2) is 13.0. The van der Waals surface area contributed by atoms with Crippen LogP contribution in [0.2, 0.25) is 0 Å². The zero-order valence-corrected chi connectivity index (χ0v) is 11.6. The van der Waals surface area contributed by atoms with Crippen LogP contribution in [0.15, 0.2) is 0 Å². The van der Waals surface area contributed by atoms with Crippen LogP contribution in [0.3, 0.4) is 0 Å². The van der Waals surface area contributed by atoms with Crippen LogP contribution in [0.1, 0.15) is 65.7 Å². The lowest BCUT2D eigenvalue weighted by molar-refractivity contribution is 0.0485. The maximum Gasteiger partial charge on any atom is 0.0696 e. The van der Waals surface area contributed by atoms with E-state index in [2.05, 4.69) is 26.1 Å². The van der Waals surface area contributed by atoms with Gasteiger partial charge in [0.25, 0.3) is 0 Å². The standard InChI is InChI=1S/C14H31NO/c1-4-7-8-9-10-11-12-16-14(5-2)13-15-6-3/h14-15H,4-13H2,1-3H3. The van der Waals surface area contributed by atoms with Gasteiger partial charge in [0.15, 0.2) is 0 Å². The van der Waals surface area contributed by atoms with E-state index < -0.39 is 0 Å². The Morgan fingerprint density at radius 1 is 0.938 bits per heavy atom. The normalized spacial score (nSPS) is 12.9. The zero-order chi connectivity index (χ0) is 12.1. The summed E-state index contributed by atoms with van der Waals surface area (Å²) in [6.45, 7) is 9.58. The van der Waals surface area contributed by atoms with Crippen LogP contribution in [0.5, 0.6) is 0 Å². The van der Waals surface area contributed by atoms with Crippen LogP contribution in [0.25, 0.3) is 0 Å². The quantitative estimate of drug-likeness (QED) is 0.515. The molecule has 2 heteroatoms. The van der Waals surface area contributed by atoms with Crippen molar-refractivity contribution < 1.29 is 4.74 Å². The lowest BCUT2D eigenvalue weighted by Crippen LogP contribution is -2.28. The average molecular weight is 229 g/mol. The van der Waals surface area contributed by atoms with Gasteiger partial charge in [0.1, 0.15) is 0 Å². The molecule has 0 radical (unpaired) electrons. The third-order valence-corrected chi connectivity index (χ3v) is 2.93. The molecule has 0 aliphatic heterocycles. The maximum absolute atomic E-state index is 5.84. The summed E-state index contributed by atoms with van der Waals surface area (Å²) in [5.41, 5.74) is 0. The molecule has 98 valence electrons. The van der Waals surface area contributed by atoms with E-state index in [0.29, 0.717) is 6.10 Å². The van der Waals surface area contributed by atoms with Gasteiger partial charge in [-0.3, -0.25) is 0 Å². The van der Waals surface area contributed by atoms with Gasteiger partial charge in [0.05, 0.1) is 6.10 Å². The molecule has 0 saturated carbocycles. The van der Waals surface area contributed by atoms with Gasteiger partial charge < -0.3 is 10.1 Å². The minimum atomic E-state index is 0.413. The van der Waals surface area contributed by atoms with Crippen LogP contribution in [0.4, 0.5) is 0 Å². The van der Waals surface area contributed by atoms with Gasteiger partial charge in [-0.05, 0) is 19.4 Å². The minimum absolute atomic E-state index is 0.413. The molecule has 0 aromatic carbocycles. The van der Waals surface area contributed by atoms with Crippen molar-refractivity contribution in [3.63, 3.8) is 0 Å². The molecule has 1 atom stereocenters. The summed E-state index contributed by atoms with van der Waals surface area (Å²) >= 11 is 0. The first-order valence-corrected chi connectivity index (χ1v) is 7.17. The lowest BCUT2D eigenvalue weighted by atomic mass is 10.1. The molecule has 0 aliphatic carbocycles. The van der Waals surface area contributed by atoms with E-state index in [0.717, 1.165) is 26.1 Å². The summed E-state index contributed by atoms with van der Waals surface area (Å²) in [5, 5.41) is 3.34. The van der Waals surface area contributed by atoms with Crippen LogP contribution in [-0.2, 0) is 4.74 Å². The van der Waals surface area contributed by atoms with Gasteiger partial charge in [-0.25, -0.2) is 0 Å². The molecule has 2 nitrogen and oxygen atoms in total. The van der Waals surface area contributed by atoms with Crippen molar-refractivity contribution in [3.05, 3.63) is 0 Å². The van der Waals surface area contributed by atoms with E-state index in [4.69, 9.17) is 4.74 Å². The molecule has 0 saturated heterocycles. The third kappa shape index (κ3) is 10.4. The molecule has 0 fully saturated rings. The highest BCUT2D eigenvalue weighted by molar-refractivity contribution is 4.58. The zero-order valence-electron chi connectivity index (χ0n) is 11.6. The van der Waals surface area contributed by atoms with Gasteiger partial charge >= 0.3 is 0 Å². The first kappa shape index (κ1) is 15.9. The fourth-order valence-electron chi connectivity index (χ4n) is 1.76. The third-order valence-electron chi connectivity index (χ3n) is 2.93. The molecule has 0 bridgehead atoms. The lowest BCUT2D eigenvalue weighted by Gasteiger charge is -2.16. The summed E-state index contributed by atoms with van der Waals surface area (Å²) in [4.78, 5) is 0. The van der Waals surface area contributed by atoms with Crippen molar-refractivity contribution in [1.82, 2.24) is 5.32 Å². The van der Waals surface area contributed by atoms with Crippen LogP contribution < -0.4 is 5.32 Å². The molecule has 0 aliphatic rings. The Kier molecular flexibility index (Phi) is 12.9. The summed E-state index contributed by atoms with van der Waals surface area (Å²) in [5.74, 6) is 0. The molecule has 1 unspecified atom stereocenters. The predicted octanol–water partition coefficient (Wildman–Crippen LogP) is 3.75. The Morgan fingerprint density at radius 2 is 1.62 bits per heavy atom. The van der Waals surface area contributed by atoms with E-state index in [1.807, 2.05) is 0 Å². The Hall–Kier alpha value is -0.0800. The van der Waals surface area contributed by atoms with Gasteiger partial charge in [-0.15, -0.1) is 0 Å². The topological polar surface area (TPSA) is 21.3 Å². The van der Waals surface area contributed by atoms with Crippen molar-refractivity contribution in [3.8, 4) is 0 Å². The first-order valence-electron chi connectivity index (χ1n) is 7.17. The maximum atomic E-state index is 5.84. The predicted molar refractivity (Wildman–Crippen MR) is 72.0 cm³/mol. The summed E-state index contributed by atoms with van der Waals surface area (Å²) in [7, 11) is 0. The highest BCUT2D eigenvalue weighted by Gasteiger charge is 2.04. The van der Waals surface area contributed by atoms with Crippen LogP contribution in [0, 0.1) is 0 Å². The van der Waals surface area contributed by atoms with Crippen molar-refractivity contribution in [2.24, 2.45) is 0 Å². The van der Waals surface area contributed by atoms with Crippen molar-refractivity contribution in [1.29, 1.82) is 0 Å². The van der Waals surface area contributed by atoms with E-state index in [1.165, 1.54) is 38.5 Å². The molecule has 0 aromatic heterocycles. The van der Waals surface area contributed by atoms with E-state index in [-0.39, 0.29) is 0 Å². The summed E-state index contributed by atoms with van der Waals surface area (Å²) < 4.78 is 5.84. The molecule has 0 heterocycles. The van der Waals surface area contributed by atoms with Crippen molar-refractivity contribution in [2.45, 2.75) is 71.8 Å². The second-order valence-electron chi connectivity index (χ2n) is 4.48. The van der Waals surface area contributed by atoms with E-state index in [1.54, 1.807) is 0 Å². The summed E-state index contributed by atoms with van der Waals surface area (Å²) in [6, 6.07) is 0. The fraction of sp³-hybridized carbons (Fsp3) is 1.00. The molecule has 0 aromatic rings. The highest BCUT2D eigenvalue weighted by Crippen LogP contribution is 2.06. The second-order valence-corrected chi connectivity index (χ2v) is 4.48. The highest BCUT2D eigenvalue weighted by atomic mass is 16.5. The van der Waals surface area contributed by atoms with Crippen LogP contribution >= 0.6 is 0 Å². The summed E-state index contributed by atoms with van der Waals surface area (Å²) in [6.07, 6.45) is 9.57. The van der Waals surface area contributed by atoms with Crippen LogP contribution in [-0.4, -0.2) is 25.8 Å². The monoisotopic (exact) mass is 229 g/mol. The van der Waals surface area contributed by atoms with Gasteiger partial charge in [0, 0.05) is 13.2 Å². The van der Waals surface area contributed by atoms with Gasteiger partial charge in [0.2, 0.25) is 0 Å². The molecule has 0 rings (SSSR count). The Morgan fingerprint density at radius 3 is 2.25 bits per heavy atom. The average Bonchev–Trinajstić information content (AvgIpc) is 2.32. The minimum Gasteiger partial charge on any atom is -0.377 e. The number of hydrogen-bond acceptors (Lipinski definition) is 2. The number of ether oxygens (including phenoxy) is 1. The SMILES string of the molecule is CCCCCCCCOC(CC)CNCC. The Bertz CT molecular complexity index is 128. The molecule has 0 amide bonds. The van der Waals surface area contributed by atoms with E-state index in [9.17, 15) is 0 Å². The number of nitrogens with one attached hydrogen (secondary N) is 1. The Balaban J connectivity index is 3.20. The van der Waals surface area contributed by atoms with Gasteiger partial charge in [-0.2, -0.15) is 0 Å². The molecule has 16 heavy (non-hydrogen) atoms. The molecular formula is C14H31NO. The smallest absolute Gasteiger partial charge is 0.0696 e. The van der Waals surface area contributed by atoms with E-state index >= 15 is 0 Å². The number of hydrogen-bond donors (Lipinski definition) is 1. The number of rotatable bonds is 12. The largest absolute Gasteiger partial charge is 0.377 e. The molecular weight excluding hydrogens is 198 g/mol. The Labute approximate surface area is 102 Å². The molecule has 0 spiro atoms.